The average molecular weight is 236 g/mol. The molecule has 0 saturated carbocycles. The Morgan fingerprint density at radius 2 is 2.00 bits per heavy atom. The molecule has 0 N–H and O–H groups in total. The monoisotopic (exact) mass is 236 g/mol. The summed E-state index contributed by atoms with van der Waals surface area (Å²) in [5.74, 6) is -0.494. The first-order valence-corrected chi connectivity index (χ1v) is 5.40. The Morgan fingerprint density at radius 1 is 1.35 bits per heavy atom. The van der Waals surface area contributed by atoms with Gasteiger partial charge in [0.25, 0.3) is 0 Å². The van der Waals surface area contributed by atoms with Crippen molar-refractivity contribution in [1.29, 1.82) is 0 Å². The molecule has 0 atom stereocenters. The molecule has 0 heterocycles. The van der Waals surface area contributed by atoms with Crippen LogP contribution in [0.15, 0.2) is 30.4 Å². The molecule has 3 heteroatoms. The number of carbonyl (C=O) groups excluding carboxylic acids is 1. The normalized spacial score (nSPS) is 11.8. The van der Waals surface area contributed by atoms with Gasteiger partial charge in [0.1, 0.15) is 11.6 Å². The average Bonchev–Trinajstić information content (AvgIpc) is 2.24. The van der Waals surface area contributed by atoms with Gasteiger partial charge in [0.05, 0.1) is 12.7 Å². The zero-order chi connectivity index (χ0) is 13.1. The van der Waals surface area contributed by atoms with Crippen molar-refractivity contribution in [2.24, 2.45) is 5.41 Å². The van der Waals surface area contributed by atoms with Gasteiger partial charge < -0.3 is 4.74 Å². The van der Waals surface area contributed by atoms with Crippen LogP contribution in [0.25, 0.3) is 0 Å². The van der Waals surface area contributed by atoms with Crippen molar-refractivity contribution in [2.75, 3.05) is 7.11 Å². The molecule has 0 fully saturated rings. The quantitative estimate of drug-likeness (QED) is 0.592. The fourth-order valence-corrected chi connectivity index (χ4v) is 1.24. The molecule has 0 bridgehead atoms. The van der Waals surface area contributed by atoms with Gasteiger partial charge in [-0.25, -0.2) is 4.39 Å². The van der Waals surface area contributed by atoms with Crippen LogP contribution in [0.2, 0.25) is 0 Å². The molecule has 17 heavy (non-hydrogen) atoms. The number of hydrogen-bond donors (Lipinski definition) is 0. The first kappa shape index (κ1) is 13.4. The lowest BCUT2D eigenvalue weighted by Gasteiger charge is -2.10. The van der Waals surface area contributed by atoms with E-state index < -0.39 is 5.82 Å². The summed E-state index contributed by atoms with van der Waals surface area (Å²) in [6.45, 7) is 5.92. The van der Waals surface area contributed by atoms with Gasteiger partial charge in [-0.2, -0.15) is 0 Å². The van der Waals surface area contributed by atoms with Gasteiger partial charge >= 0.3 is 0 Å². The molecule has 0 amide bonds. The molecule has 0 aliphatic carbocycles. The molecular formula is C14H17FO2. The van der Waals surface area contributed by atoms with E-state index in [0.717, 1.165) is 0 Å². The molecule has 2 nitrogen and oxygen atoms in total. The summed E-state index contributed by atoms with van der Waals surface area (Å²) >= 11 is 0. The minimum absolute atomic E-state index is 0.0614. The van der Waals surface area contributed by atoms with Crippen LogP contribution in [0.5, 0.6) is 5.75 Å². The van der Waals surface area contributed by atoms with Gasteiger partial charge in [-0.1, -0.05) is 26.8 Å². The van der Waals surface area contributed by atoms with E-state index in [1.165, 1.54) is 25.3 Å². The number of ketones is 1. The Hall–Kier alpha value is -1.64. The number of halogens is 1. The van der Waals surface area contributed by atoms with E-state index >= 15 is 0 Å². The first-order valence-electron chi connectivity index (χ1n) is 5.40. The third-order valence-corrected chi connectivity index (χ3v) is 2.18. The van der Waals surface area contributed by atoms with Crippen LogP contribution in [-0.4, -0.2) is 12.9 Å². The van der Waals surface area contributed by atoms with Crippen molar-refractivity contribution < 1.29 is 13.9 Å². The second-order valence-corrected chi connectivity index (χ2v) is 4.91. The molecular weight excluding hydrogens is 219 g/mol. The van der Waals surface area contributed by atoms with Crippen molar-refractivity contribution in [3.8, 4) is 5.75 Å². The topological polar surface area (TPSA) is 26.3 Å². The summed E-state index contributed by atoms with van der Waals surface area (Å²) in [6, 6.07) is 4.21. The molecule has 0 aromatic heterocycles. The number of carbonyl (C=O) groups is 1. The van der Waals surface area contributed by atoms with Crippen molar-refractivity contribution >= 4 is 5.78 Å². The van der Waals surface area contributed by atoms with Gasteiger partial charge in [0.15, 0.2) is 5.78 Å². The highest BCUT2D eigenvalue weighted by Gasteiger charge is 2.11. The predicted octanol–water partition coefficient (Wildman–Crippen LogP) is 3.62. The van der Waals surface area contributed by atoms with E-state index in [1.807, 2.05) is 20.8 Å². The van der Waals surface area contributed by atoms with E-state index in [9.17, 15) is 9.18 Å². The van der Waals surface area contributed by atoms with Gasteiger partial charge in [-0.05, 0) is 23.6 Å². The third kappa shape index (κ3) is 4.02. The zero-order valence-corrected chi connectivity index (χ0v) is 10.6. The minimum atomic E-state index is -0.562. The van der Waals surface area contributed by atoms with Gasteiger partial charge in [-0.3, -0.25) is 4.79 Å². The van der Waals surface area contributed by atoms with E-state index in [1.54, 1.807) is 12.1 Å². The second kappa shape index (κ2) is 5.13. The van der Waals surface area contributed by atoms with Crippen LogP contribution in [0, 0.1) is 11.2 Å². The van der Waals surface area contributed by atoms with Gasteiger partial charge in [0, 0.05) is 6.07 Å². The number of methoxy groups -OCH3 is 1. The van der Waals surface area contributed by atoms with Gasteiger partial charge in [-0.15, -0.1) is 0 Å². The van der Waals surface area contributed by atoms with E-state index in [4.69, 9.17) is 4.74 Å². The summed E-state index contributed by atoms with van der Waals surface area (Å²) in [5, 5.41) is 0. The maximum absolute atomic E-state index is 13.6. The van der Waals surface area contributed by atoms with Crippen LogP contribution in [0.3, 0.4) is 0 Å². The molecule has 0 aliphatic rings. The first-order chi connectivity index (χ1) is 7.83. The lowest BCUT2D eigenvalue weighted by molar-refractivity contribution is 0.104. The summed E-state index contributed by atoms with van der Waals surface area (Å²) in [5.41, 5.74) is -0.0372. The summed E-state index contributed by atoms with van der Waals surface area (Å²) in [7, 11) is 1.45. The Bertz CT molecular complexity index is 442. The largest absolute Gasteiger partial charge is 0.497 e. The van der Waals surface area contributed by atoms with Crippen LogP contribution >= 0.6 is 0 Å². The van der Waals surface area contributed by atoms with Crippen molar-refractivity contribution in [2.45, 2.75) is 20.8 Å². The summed E-state index contributed by atoms with van der Waals surface area (Å²) in [6.07, 6.45) is 3.17. The molecule has 92 valence electrons. The lowest BCUT2D eigenvalue weighted by atomic mass is 9.95. The highest BCUT2D eigenvalue weighted by molar-refractivity contribution is 6.04. The number of allylic oxidation sites excluding steroid dienone is 2. The SMILES string of the molecule is COc1ccc(C(=O)/C=C/C(C)(C)C)c(F)c1. The fourth-order valence-electron chi connectivity index (χ4n) is 1.24. The smallest absolute Gasteiger partial charge is 0.188 e. The maximum atomic E-state index is 13.6. The molecule has 1 rings (SSSR count). The Morgan fingerprint density at radius 3 is 2.47 bits per heavy atom. The van der Waals surface area contributed by atoms with Gasteiger partial charge in [0.2, 0.25) is 0 Å². The number of hydrogen-bond acceptors (Lipinski definition) is 2. The van der Waals surface area contributed by atoms with E-state index in [0.29, 0.717) is 5.75 Å². The third-order valence-electron chi connectivity index (χ3n) is 2.18. The minimum Gasteiger partial charge on any atom is -0.497 e. The molecule has 0 radical (unpaired) electrons. The molecule has 0 aliphatic heterocycles. The molecule has 0 saturated heterocycles. The van der Waals surface area contributed by atoms with Crippen molar-refractivity contribution in [3.63, 3.8) is 0 Å². The molecule has 0 unspecified atom stereocenters. The Labute approximate surface area is 101 Å². The number of rotatable bonds is 3. The molecule has 0 spiro atoms. The number of ether oxygens (including phenoxy) is 1. The summed E-state index contributed by atoms with van der Waals surface area (Å²) in [4.78, 5) is 11.7. The lowest BCUT2D eigenvalue weighted by Crippen LogP contribution is -2.03. The van der Waals surface area contributed by atoms with Crippen LogP contribution in [0.1, 0.15) is 31.1 Å². The molecule has 1 aromatic rings. The standard InChI is InChI=1S/C14H17FO2/c1-14(2,3)8-7-13(16)11-6-5-10(17-4)9-12(11)15/h5-9H,1-4H3/b8-7+. The van der Waals surface area contributed by atoms with Crippen molar-refractivity contribution in [1.82, 2.24) is 0 Å². The Kier molecular flexibility index (Phi) is 4.05. The van der Waals surface area contributed by atoms with Crippen LogP contribution in [0.4, 0.5) is 4.39 Å². The van der Waals surface area contributed by atoms with Crippen LogP contribution in [-0.2, 0) is 0 Å². The fraction of sp³-hybridized carbons (Fsp3) is 0.357. The van der Waals surface area contributed by atoms with Crippen LogP contribution < -0.4 is 4.74 Å². The number of benzene rings is 1. The Balaban J connectivity index is 2.94. The van der Waals surface area contributed by atoms with E-state index in [2.05, 4.69) is 0 Å². The highest BCUT2D eigenvalue weighted by atomic mass is 19.1. The second-order valence-electron chi connectivity index (χ2n) is 4.91. The van der Waals surface area contributed by atoms with E-state index in [-0.39, 0.29) is 16.8 Å². The molecule has 1 aromatic carbocycles. The maximum Gasteiger partial charge on any atom is 0.188 e. The highest BCUT2D eigenvalue weighted by Crippen LogP contribution is 2.19. The predicted molar refractivity (Wildman–Crippen MR) is 65.9 cm³/mol. The summed E-state index contributed by atoms with van der Waals surface area (Å²) < 4.78 is 18.4. The van der Waals surface area contributed by atoms with Crippen molar-refractivity contribution in [3.05, 3.63) is 41.7 Å². The zero-order valence-electron chi connectivity index (χ0n) is 10.6.